The van der Waals surface area contributed by atoms with Crippen molar-refractivity contribution in [3.05, 3.63) is 18.2 Å². The Kier molecular flexibility index (Phi) is 6.31. The largest absolute Gasteiger partial charge is 0.497 e. The molecule has 0 aliphatic heterocycles. The van der Waals surface area contributed by atoms with Crippen LogP contribution in [0.4, 0.5) is 5.13 Å². The fourth-order valence-electron chi connectivity index (χ4n) is 3.44. The van der Waals surface area contributed by atoms with Crippen molar-refractivity contribution in [3.8, 4) is 5.75 Å². The van der Waals surface area contributed by atoms with Gasteiger partial charge in [-0.15, -0.1) is 0 Å². The summed E-state index contributed by atoms with van der Waals surface area (Å²) in [7, 11) is 1.62. The molecular weight excluding hydrogens is 362 g/mol. The van der Waals surface area contributed by atoms with Crippen LogP contribution in [0.1, 0.15) is 46.0 Å². The van der Waals surface area contributed by atoms with Crippen LogP contribution in [0.5, 0.6) is 5.75 Å². The summed E-state index contributed by atoms with van der Waals surface area (Å²) in [6, 6.07) is 5.04. The summed E-state index contributed by atoms with van der Waals surface area (Å²) in [5.74, 6) is 0.552. The number of ether oxygens (including phenoxy) is 1. The lowest BCUT2D eigenvalue weighted by atomic mass is 9.88. The second kappa shape index (κ2) is 8.69. The van der Waals surface area contributed by atoms with Gasteiger partial charge in [-0.25, -0.2) is 4.98 Å². The zero-order chi connectivity index (χ0) is 19.4. The molecule has 0 saturated heterocycles. The van der Waals surface area contributed by atoms with Crippen LogP contribution in [-0.4, -0.2) is 29.9 Å². The van der Waals surface area contributed by atoms with E-state index in [0.717, 1.165) is 41.6 Å². The average molecular weight is 390 g/mol. The smallest absolute Gasteiger partial charge is 0.248 e. The van der Waals surface area contributed by atoms with Crippen LogP contribution in [0.15, 0.2) is 18.2 Å². The highest BCUT2D eigenvalue weighted by molar-refractivity contribution is 7.22. The number of hydrogen-bond donors (Lipinski definition) is 2. The molecule has 2 aromatic rings. The summed E-state index contributed by atoms with van der Waals surface area (Å²) in [5, 5.41) is 6.36. The molecule has 0 spiro atoms. The maximum Gasteiger partial charge on any atom is 0.248 e. The van der Waals surface area contributed by atoms with Crippen LogP contribution < -0.4 is 15.4 Å². The average Bonchev–Trinajstić information content (AvgIpc) is 3.07. The molecule has 1 heterocycles. The molecule has 3 rings (SSSR count). The number of carbonyl (C=O) groups is 2. The van der Waals surface area contributed by atoms with Crippen molar-refractivity contribution in [2.45, 2.75) is 52.0 Å². The van der Waals surface area contributed by atoms with Gasteiger partial charge in [0.25, 0.3) is 0 Å². The summed E-state index contributed by atoms with van der Waals surface area (Å²) in [4.78, 5) is 29.8. The Morgan fingerprint density at radius 2 is 1.96 bits per heavy atom. The number of nitrogens with one attached hydrogen (secondary N) is 2. The van der Waals surface area contributed by atoms with Gasteiger partial charge in [-0.3, -0.25) is 9.59 Å². The number of anilines is 1. The van der Waals surface area contributed by atoms with Gasteiger partial charge in [0, 0.05) is 5.92 Å². The molecule has 0 radical (unpaired) electrons. The third kappa shape index (κ3) is 4.77. The Balaban J connectivity index is 1.68. The summed E-state index contributed by atoms with van der Waals surface area (Å²) >= 11 is 1.40. The molecule has 1 aliphatic rings. The first-order valence-electron chi connectivity index (χ1n) is 9.53. The molecule has 7 heteroatoms. The standard InChI is InChI=1S/C20H27N3O3S/c1-12(2)17(22-18(24)13-7-5-4-6-8-13)19(25)23-20-21-15-10-9-14(26-3)11-16(15)27-20/h9-13,17H,4-8H2,1-3H3,(H,22,24)(H,21,23,25)/t17-/m0/s1. The first-order valence-corrected chi connectivity index (χ1v) is 10.4. The lowest BCUT2D eigenvalue weighted by molar-refractivity contribution is -0.130. The Hall–Kier alpha value is -2.15. The number of thiazole rings is 1. The lowest BCUT2D eigenvalue weighted by Crippen LogP contribution is -2.49. The normalized spacial score (nSPS) is 16.3. The van der Waals surface area contributed by atoms with Crippen LogP contribution in [0, 0.1) is 11.8 Å². The first-order chi connectivity index (χ1) is 13.0. The zero-order valence-corrected chi connectivity index (χ0v) is 16.9. The number of methoxy groups -OCH3 is 1. The third-order valence-corrected chi connectivity index (χ3v) is 5.98. The maximum absolute atomic E-state index is 12.8. The molecule has 1 aromatic carbocycles. The van der Waals surface area contributed by atoms with Gasteiger partial charge >= 0.3 is 0 Å². The lowest BCUT2D eigenvalue weighted by Gasteiger charge is -2.26. The molecule has 27 heavy (non-hydrogen) atoms. The quantitative estimate of drug-likeness (QED) is 0.783. The van der Waals surface area contributed by atoms with E-state index in [0.29, 0.717) is 5.13 Å². The van der Waals surface area contributed by atoms with E-state index in [9.17, 15) is 9.59 Å². The molecule has 1 atom stereocenters. The minimum Gasteiger partial charge on any atom is -0.497 e. The number of fused-ring (bicyclic) bond motifs is 1. The van der Waals surface area contributed by atoms with E-state index in [4.69, 9.17) is 4.74 Å². The highest BCUT2D eigenvalue weighted by Crippen LogP contribution is 2.29. The second-order valence-electron chi connectivity index (χ2n) is 7.41. The van der Waals surface area contributed by atoms with E-state index in [2.05, 4.69) is 15.6 Å². The van der Waals surface area contributed by atoms with Gasteiger partial charge in [-0.2, -0.15) is 0 Å². The van der Waals surface area contributed by atoms with Gasteiger partial charge in [0.05, 0.1) is 17.3 Å². The van der Waals surface area contributed by atoms with Gasteiger partial charge in [-0.1, -0.05) is 44.4 Å². The van der Waals surface area contributed by atoms with Crippen molar-refractivity contribution in [2.24, 2.45) is 11.8 Å². The van der Waals surface area contributed by atoms with Gasteiger partial charge in [0.15, 0.2) is 5.13 Å². The minimum absolute atomic E-state index is 0.00223. The van der Waals surface area contributed by atoms with Crippen molar-refractivity contribution in [1.29, 1.82) is 0 Å². The topological polar surface area (TPSA) is 80.3 Å². The van der Waals surface area contributed by atoms with Gasteiger partial charge in [0.2, 0.25) is 11.8 Å². The molecule has 1 aliphatic carbocycles. The molecule has 2 amide bonds. The maximum atomic E-state index is 12.8. The number of carbonyl (C=O) groups excluding carboxylic acids is 2. The van der Waals surface area contributed by atoms with Crippen molar-refractivity contribution in [3.63, 3.8) is 0 Å². The molecule has 1 saturated carbocycles. The van der Waals surface area contributed by atoms with E-state index in [1.807, 2.05) is 32.0 Å². The van der Waals surface area contributed by atoms with E-state index < -0.39 is 6.04 Å². The van der Waals surface area contributed by atoms with Crippen LogP contribution in [0.25, 0.3) is 10.2 Å². The molecular formula is C20H27N3O3S. The molecule has 6 nitrogen and oxygen atoms in total. The fraction of sp³-hybridized carbons (Fsp3) is 0.550. The molecule has 1 aromatic heterocycles. The van der Waals surface area contributed by atoms with Crippen LogP contribution >= 0.6 is 11.3 Å². The summed E-state index contributed by atoms with van der Waals surface area (Å²) < 4.78 is 6.17. The highest BCUT2D eigenvalue weighted by Gasteiger charge is 2.29. The number of aromatic nitrogens is 1. The van der Waals surface area contributed by atoms with Crippen LogP contribution in [0.2, 0.25) is 0 Å². The molecule has 0 bridgehead atoms. The zero-order valence-electron chi connectivity index (χ0n) is 16.1. The molecule has 0 unspecified atom stereocenters. The first kappa shape index (κ1) is 19.6. The number of benzene rings is 1. The summed E-state index contributed by atoms with van der Waals surface area (Å²) in [6.07, 6.45) is 5.20. The SMILES string of the molecule is COc1ccc2nc(NC(=O)[C@@H](NC(=O)C3CCCCC3)C(C)C)sc2c1. The predicted octanol–water partition coefficient (Wildman–Crippen LogP) is 3.96. The summed E-state index contributed by atoms with van der Waals surface area (Å²) in [5.41, 5.74) is 0.809. The number of rotatable bonds is 6. The van der Waals surface area contributed by atoms with Crippen LogP contribution in [-0.2, 0) is 9.59 Å². The Morgan fingerprint density at radius 3 is 2.63 bits per heavy atom. The molecule has 2 N–H and O–H groups in total. The van der Waals surface area contributed by atoms with Crippen molar-refractivity contribution in [1.82, 2.24) is 10.3 Å². The number of amides is 2. The Bertz CT molecular complexity index is 812. The molecule has 146 valence electrons. The molecule has 1 fully saturated rings. The second-order valence-corrected chi connectivity index (χ2v) is 8.44. The van der Waals surface area contributed by atoms with Crippen LogP contribution in [0.3, 0.4) is 0 Å². The van der Waals surface area contributed by atoms with Gasteiger partial charge in [-0.05, 0) is 37.0 Å². The third-order valence-electron chi connectivity index (χ3n) is 5.05. The minimum atomic E-state index is -0.569. The van der Waals surface area contributed by atoms with E-state index in [-0.39, 0.29) is 23.7 Å². The number of hydrogen-bond acceptors (Lipinski definition) is 5. The summed E-state index contributed by atoms with van der Waals surface area (Å²) in [6.45, 7) is 3.88. The van der Waals surface area contributed by atoms with Crippen molar-refractivity contribution < 1.29 is 14.3 Å². The highest BCUT2D eigenvalue weighted by atomic mass is 32.1. The van der Waals surface area contributed by atoms with Crippen molar-refractivity contribution >= 4 is 38.5 Å². The van der Waals surface area contributed by atoms with Gasteiger partial charge in [0.1, 0.15) is 11.8 Å². The van der Waals surface area contributed by atoms with E-state index >= 15 is 0 Å². The Morgan fingerprint density at radius 1 is 1.22 bits per heavy atom. The predicted molar refractivity (Wildman–Crippen MR) is 108 cm³/mol. The van der Waals surface area contributed by atoms with E-state index in [1.54, 1.807) is 7.11 Å². The van der Waals surface area contributed by atoms with Crippen molar-refractivity contribution in [2.75, 3.05) is 12.4 Å². The van der Waals surface area contributed by atoms with Gasteiger partial charge < -0.3 is 15.4 Å². The van der Waals surface area contributed by atoms with E-state index in [1.165, 1.54) is 17.8 Å². The Labute approximate surface area is 163 Å². The fourth-order valence-corrected chi connectivity index (χ4v) is 4.34. The number of nitrogens with zero attached hydrogens (tertiary/aromatic N) is 1. The monoisotopic (exact) mass is 389 g/mol.